The minimum Gasteiger partial charge on any atom is -0.461 e. The van der Waals surface area contributed by atoms with Crippen molar-refractivity contribution in [1.82, 2.24) is 4.90 Å². The molecule has 3 heterocycles. The van der Waals surface area contributed by atoms with Crippen molar-refractivity contribution in [2.24, 2.45) is 16.2 Å². The van der Waals surface area contributed by atoms with Crippen LogP contribution in [0.25, 0.3) is 0 Å². The van der Waals surface area contributed by atoms with E-state index in [1.807, 2.05) is 24.3 Å². The van der Waals surface area contributed by atoms with E-state index in [4.69, 9.17) is 4.74 Å². The van der Waals surface area contributed by atoms with Crippen molar-refractivity contribution < 1.29 is 4.74 Å². The zero-order chi connectivity index (χ0) is 26.2. The second kappa shape index (κ2) is 9.43. The molecule has 3 aliphatic rings. The molecule has 35 heavy (non-hydrogen) atoms. The normalized spacial score (nSPS) is 22.1. The molecule has 0 aliphatic carbocycles. The highest BCUT2D eigenvalue weighted by Gasteiger charge is 2.40. The molecule has 0 atom stereocenters. The van der Waals surface area contributed by atoms with Crippen molar-refractivity contribution in [2.75, 3.05) is 13.1 Å². The van der Waals surface area contributed by atoms with Gasteiger partial charge in [0.25, 0.3) is 0 Å². The van der Waals surface area contributed by atoms with E-state index in [0.29, 0.717) is 11.3 Å². The summed E-state index contributed by atoms with van der Waals surface area (Å²) in [5, 5.41) is 18.8. The number of nitriles is 2. The Labute approximate surface area is 212 Å². The SMILES string of the molecule is C=C1C2=C(/C=C(C)/C=C/C3=CC(=C(C#N)C#N)C=C(C(C)(C)C)O3)C(C)(C)CCN2CCC1(C)C. The lowest BCUT2D eigenvalue weighted by atomic mass is 9.69. The molecule has 0 aromatic heterocycles. The number of hydrogen-bond acceptors (Lipinski definition) is 4. The highest BCUT2D eigenvalue weighted by molar-refractivity contribution is 5.54. The van der Waals surface area contributed by atoms with Gasteiger partial charge >= 0.3 is 0 Å². The fraction of sp³-hybridized carbons (Fsp3) is 0.484. The maximum Gasteiger partial charge on any atom is 0.137 e. The zero-order valence-corrected chi connectivity index (χ0v) is 22.7. The van der Waals surface area contributed by atoms with Crippen LogP contribution in [0.1, 0.15) is 68.2 Å². The fourth-order valence-electron chi connectivity index (χ4n) is 4.64. The summed E-state index contributed by atoms with van der Waals surface area (Å²) in [4.78, 5) is 2.51. The van der Waals surface area contributed by atoms with E-state index in [1.54, 1.807) is 12.2 Å². The van der Waals surface area contributed by atoms with Crippen LogP contribution in [0.2, 0.25) is 0 Å². The summed E-state index contributed by atoms with van der Waals surface area (Å²) in [6.45, 7) is 24.2. The van der Waals surface area contributed by atoms with Gasteiger partial charge in [0.2, 0.25) is 0 Å². The van der Waals surface area contributed by atoms with Crippen LogP contribution in [0.3, 0.4) is 0 Å². The zero-order valence-electron chi connectivity index (χ0n) is 22.7. The molecule has 0 unspecified atom stereocenters. The van der Waals surface area contributed by atoms with Gasteiger partial charge in [-0.3, -0.25) is 0 Å². The highest BCUT2D eigenvalue weighted by atomic mass is 16.5. The standard InChI is InChI=1S/C31H39N3O/c1-21(10-11-25-17-23(24(19-32)20-33)18-27(35-25)29(3,4)5)16-26-28-22(2)30(6,7)12-14-34(28)15-13-31(26,8)9/h10-11,16-18H,2,12-15H2,1,3-9H3/b11-10+,21-16+. The van der Waals surface area contributed by atoms with Gasteiger partial charge in [-0.2, -0.15) is 10.5 Å². The molecule has 1 fully saturated rings. The van der Waals surface area contributed by atoms with E-state index in [1.165, 1.54) is 16.8 Å². The van der Waals surface area contributed by atoms with Gasteiger partial charge in [-0.1, -0.05) is 72.8 Å². The molecule has 0 aromatic carbocycles. The molecule has 0 aromatic rings. The van der Waals surface area contributed by atoms with Crippen molar-refractivity contribution >= 4 is 0 Å². The lowest BCUT2D eigenvalue weighted by molar-refractivity contribution is 0.187. The maximum absolute atomic E-state index is 9.38. The third-order valence-corrected chi connectivity index (χ3v) is 7.36. The summed E-state index contributed by atoms with van der Waals surface area (Å²) in [5.41, 5.74) is 5.57. The Morgan fingerprint density at radius 2 is 1.66 bits per heavy atom. The van der Waals surface area contributed by atoms with Crippen molar-refractivity contribution in [1.29, 1.82) is 10.5 Å². The Bertz CT molecular complexity index is 1170. The van der Waals surface area contributed by atoms with Crippen molar-refractivity contribution in [2.45, 2.75) is 68.2 Å². The van der Waals surface area contributed by atoms with E-state index in [0.717, 1.165) is 37.3 Å². The first-order valence-corrected chi connectivity index (χ1v) is 12.4. The molecule has 0 bridgehead atoms. The third-order valence-electron chi connectivity index (χ3n) is 7.36. The van der Waals surface area contributed by atoms with Gasteiger partial charge in [0.15, 0.2) is 0 Å². The summed E-state index contributed by atoms with van der Waals surface area (Å²) >= 11 is 0. The molecule has 0 radical (unpaired) electrons. The van der Waals surface area contributed by atoms with E-state index >= 15 is 0 Å². The molecule has 4 heteroatoms. The first-order chi connectivity index (χ1) is 16.2. The number of fused-ring (bicyclic) bond motifs is 1. The highest BCUT2D eigenvalue weighted by Crippen LogP contribution is 2.49. The number of piperidine rings is 1. The number of nitrogens with zero attached hydrogens (tertiary/aromatic N) is 3. The van der Waals surface area contributed by atoms with Crippen LogP contribution >= 0.6 is 0 Å². The number of hydrogen-bond donors (Lipinski definition) is 0. The minimum absolute atomic E-state index is 0.0600. The van der Waals surface area contributed by atoms with Gasteiger partial charge in [-0.25, -0.2) is 0 Å². The molecule has 1 saturated heterocycles. The van der Waals surface area contributed by atoms with E-state index < -0.39 is 0 Å². The van der Waals surface area contributed by atoms with E-state index in [-0.39, 0.29) is 21.8 Å². The number of ether oxygens (including phenoxy) is 1. The predicted molar refractivity (Wildman–Crippen MR) is 142 cm³/mol. The van der Waals surface area contributed by atoms with E-state index in [2.05, 4.69) is 72.9 Å². The Morgan fingerprint density at radius 3 is 2.23 bits per heavy atom. The van der Waals surface area contributed by atoms with Gasteiger partial charge < -0.3 is 9.64 Å². The topological polar surface area (TPSA) is 60.1 Å². The maximum atomic E-state index is 9.38. The quantitative estimate of drug-likeness (QED) is 0.315. The minimum atomic E-state index is -0.254. The van der Waals surface area contributed by atoms with Crippen LogP contribution in [-0.4, -0.2) is 18.0 Å². The molecule has 0 spiro atoms. The lowest BCUT2D eigenvalue weighted by Gasteiger charge is -2.49. The monoisotopic (exact) mass is 469 g/mol. The largest absolute Gasteiger partial charge is 0.461 e. The van der Waals surface area contributed by atoms with Crippen LogP contribution in [0.5, 0.6) is 0 Å². The summed E-state index contributed by atoms with van der Waals surface area (Å²) < 4.78 is 6.15. The Hall–Kier alpha value is -3.24. The summed E-state index contributed by atoms with van der Waals surface area (Å²) in [7, 11) is 0. The number of allylic oxidation sites excluding steroid dienone is 11. The van der Waals surface area contributed by atoms with Gasteiger partial charge in [-0.15, -0.1) is 0 Å². The predicted octanol–water partition coefficient (Wildman–Crippen LogP) is 7.65. The molecular weight excluding hydrogens is 430 g/mol. The van der Waals surface area contributed by atoms with E-state index in [9.17, 15) is 10.5 Å². The molecule has 3 rings (SSSR count). The van der Waals surface area contributed by atoms with Crippen molar-refractivity contribution in [3.8, 4) is 12.1 Å². The second-order valence-corrected chi connectivity index (χ2v) is 12.2. The first kappa shape index (κ1) is 26.4. The van der Waals surface area contributed by atoms with Crippen LogP contribution in [0, 0.1) is 38.9 Å². The van der Waals surface area contributed by atoms with Crippen LogP contribution in [-0.2, 0) is 4.74 Å². The van der Waals surface area contributed by atoms with Gasteiger partial charge in [-0.05, 0) is 60.0 Å². The van der Waals surface area contributed by atoms with Crippen LogP contribution in [0.15, 0.2) is 82.0 Å². The summed E-state index contributed by atoms with van der Waals surface area (Å²) in [6, 6.07) is 4.00. The molecule has 4 nitrogen and oxygen atoms in total. The fourth-order valence-corrected chi connectivity index (χ4v) is 4.64. The lowest BCUT2D eigenvalue weighted by Crippen LogP contribution is -2.44. The van der Waals surface area contributed by atoms with Gasteiger partial charge in [0, 0.05) is 29.8 Å². The Kier molecular flexibility index (Phi) is 7.10. The molecule has 0 saturated carbocycles. The Balaban J connectivity index is 2.01. The second-order valence-electron chi connectivity index (χ2n) is 12.2. The first-order valence-electron chi connectivity index (χ1n) is 12.4. The average molecular weight is 470 g/mol. The summed E-state index contributed by atoms with van der Waals surface area (Å²) in [5.74, 6) is 1.35. The number of rotatable bonds is 3. The Morgan fingerprint density at radius 1 is 1.06 bits per heavy atom. The molecule has 184 valence electrons. The van der Waals surface area contributed by atoms with Crippen molar-refractivity contribution in [3.63, 3.8) is 0 Å². The van der Waals surface area contributed by atoms with Gasteiger partial charge in [0.1, 0.15) is 29.2 Å². The van der Waals surface area contributed by atoms with Crippen molar-refractivity contribution in [3.05, 3.63) is 82.0 Å². The molecular formula is C31H39N3O. The van der Waals surface area contributed by atoms with Gasteiger partial charge in [0.05, 0.1) is 0 Å². The molecule has 0 amide bonds. The smallest absolute Gasteiger partial charge is 0.137 e. The van der Waals surface area contributed by atoms with Crippen LogP contribution in [0.4, 0.5) is 0 Å². The average Bonchev–Trinajstić information content (AvgIpc) is 2.77. The third kappa shape index (κ3) is 5.54. The molecule has 0 N–H and O–H groups in total. The molecule has 3 aliphatic heterocycles. The summed E-state index contributed by atoms with van der Waals surface area (Å²) in [6.07, 6.45) is 12.1. The van der Waals surface area contributed by atoms with Crippen LogP contribution < -0.4 is 0 Å².